The second-order valence-corrected chi connectivity index (χ2v) is 6.06. The Morgan fingerprint density at radius 1 is 1.22 bits per heavy atom. The summed E-state index contributed by atoms with van der Waals surface area (Å²) in [7, 11) is 0. The maximum atomic E-state index is 5.89. The third kappa shape index (κ3) is 5.25. The van der Waals surface area contributed by atoms with Crippen LogP contribution in [0.2, 0.25) is 0 Å². The summed E-state index contributed by atoms with van der Waals surface area (Å²) >= 11 is 0. The van der Waals surface area contributed by atoms with Crippen molar-refractivity contribution in [1.82, 2.24) is 10.2 Å². The van der Waals surface area contributed by atoms with Gasteiger partial charge < -0.3 is 11.1 Å². The van der Waals surface area contributed by atoms with Gasteiger partial charge in [-0.3, -0.25) is 9.89 Å². The van der Waals surface area contributed by atoms with Gasteiger partial charge in [0.15, 0.2) is 5.96 Å². The van der Waals surface area contributed by atoms with E-state index in [1.807, 2.05) is 0 Å². The van der Waals surface area contributed by atoms with Gasteiger partial charge in [0.25, 0.3) is 0 Å². The predicted molar refractivity (Wildman–Crippen MR) is 78.8 cm³/mol. The molecule has 0 amide bonds. The minimum absolute atomic E-state index is 0.560. The highest BCUT2D eigenvalue weighted by Gasteiger charge is 2.24. The van der Waals surface area contributed by atoms with Gasteiger partial charge in [0.05, 0.1) is 0 Å². The highest BCUT2D eigenvalue weighted by atomic mass is 15.2. The molecule has 4 nitrogen and oxygen atoms in total. The Kier molecular flexibility index (Phi) is 6.47. The van der Waals surface area contributed by atoms with E-state index in [9.17, 15) is 0 Å². The van der Waals surface area contributed by atoms with Gasteiger partial charge in [-0.2, -0.15) is 0 Å². The van der Waals surface area contributed by atoms with E-state index in [1.54, 1.807) is 0 Å². The molecule has 1 aliphatic heterocycles. The molecule has 1 fully saturated rings. The molecular formula is C14H30N4. The number of likely N-dealkylation sites (tertiary alicyclic amines) is 1. The van der Waals surface area contributed by atoms with Gasteiger partial charge in [0.1, 0.15) is 0 Å². The Morgan fingerprint density at radius 3 is 2.33 bits per heavy atom. The zero-order chi connectivity index (χ0) is 13.5. The first-order chi connectivity index (χ1) is 8.50. The zero-order valence-corrected chi connectivity index (χ0v) is 12.4. The summed E-state index contributed by atoms with van der Waals surface area (Å²) in [6.45, 7) is 13.0. The summed E-state index contributed by atoms with van der Waals surface area (Å²) in [6.07, 6.45) is 2.67. The number of rotatable bonds is 6. The van der Waals surface area contributed by atoms with E-state index in [0.29, 0.717) is 23.8 Å². The predicted octanol–water partition coefficient (Wildman–Crippen LogP) is 1.67. The number of guanidine groups is 1. The first kappa shape index (κ1) is 15.3. The van der Waals surface area contributed by atoms with Crippen LogP contribution in [-0.4, -0.2) is 43.1 Å². The third-order valence-corrected chi connectivity index (χ3v) is 3.50. The molecule has 0 bridgehead atoms. The highest BCUT2D eigenvalue weighted by molar-refractivity contribution is 5.77. The van der Waals surface area contributed by atoms with Gasteiger partial charge in [-0.1, -0.05) is 27.7 Å². The molecule has 0 aromatic heterocycles. The van der Waals surface area contributed by atoms with E-state index < -0.39 is 0 Å². The highest BCUT2D eigenvalue weighted by Crippen LogP contribution is 2.16. The first-order valence-electron chi connectivity index (χ1n) is 7.28. The van der Waals surface area contributed by atoms with Gasteiger partial charge in [0.2, 0.25) is 0 Å². The number of hydrogen-bond donors (Lipinski definition) is 2. The van der Waals surface area contributed by atoms with Crippen LogP contribution in [0.25, 0.3) is 0 Å². The SMILES string of the molecule is CC(C)CN=C(N)NCC(C(C)C)N1CCCC1. The molecule has 0 saturated carbocycles. The summed E-state index contributed by atoms with van der Waals surface area (Å²) in [4.78, 5) is 6.92. The number of aliphatic imine (C=N–C) groups is 1. The van der Waals surface area contributed by atoms with Crippen LogP contribution in [0.3, 0.4) is 0 Å². The van der Waals surface area contributed by atoms with Crippen LogP contribution in [0.15, 0.2) is 4.99 Å². The second-order valence-electron chi connectivity index (χ2n) is 6.06. The lowest BCUT2D eigenvalue weighted by atomic mass is 10.0. The number of hydrogen-bond acceptors (Lipinski definition) is 2. The van der Waals surface area contributed by atoms with Crippen LogP contribution in [0.4, 0.5) is 0 Å². The second kappa shape index (κ2) is 7.62. The monoisotopic (exact) mass is 254 g/mol. The lowest BCUT2D eigenvalue weighted by Gasteiger charge is -2.31. The Hall–Kier alpha value is -0.770. The molecule has 1 heterocycles. The molecule has 0 aromatic carbocycles. The molecule has 0 aliphatic carbocycles. The van der Waals surface area contributed by atoms with E-state index in [4.69, 9.17) is 5.73 Å². The van der Waals surface area contributed by atoms with Gasteiger partial charge in [-0.05, 0) is 37.8 Å². The fraction of sp³-hybridized carbons (Fsp3) is 0.929. The van der Waals surface area contributed by atoms with E-state index >= 15 is 0 Å². The summed E-state index contributed by atoms with van der Waals surface area (Å²) in [6, 6.07) is 0.570. The fourth-order valence-corrected chi connectivity index (χ4v) is 2.41. The molecule has 1 rings (SSSR count). The molecule has 3 N–H and O–H groups in total. The fourth-order valence-electron chi connectivity index (χ4n) is 2.41. The van der Waals surface area contributed by atoms with Gasteiger partial charge >= 0.3 is 0 Å². The number of nitrogens with zero attached hydrogens (tertiary/aromatic N) is 2. The number of nitrogens with one attached hydrogen (secondary N) is 1. The Bertz CT molecular complexity index is 255. The van der Waals surface area contributed by atoms with Crippen molar-refractivity contribution in [2.75, 3.05) is 26.2 Å². The van der Waals surface area contributed by atoms with Gasteiger partial charge in [0, 0.05) is 19.1 Å². The van der Waals surface area contributed by atoms with Gasteiger partial charge in [-0.15, -0.1) is 0 Å². The Balaban J connectivity index is 2.39. The van der Waals surface area contributed by atoms with Crippen LogP contribution >= 0.6 is 0 Å². The van der Waals surface area contributed by atoms with Crippen molar-refractivity contribution >= 4 is 5.96 Å². The molecule has 0 spiro atoms. The maximum Gasteiger partial charge on any atom is 0.188 e. The summed E-state index contributed by atoms with van der Waals surface area (Å²) in [5.74, 6) is 1.80. The van der Waals surface area contributed by atoms with E-state index in [2.05, 4.69) is 42.9 Å². The molecule has 0 aromatic rings. The molecular weight excluding hydrogens is 224 g/mol. The molecule has 1 saturated heterocycles. The first-order valence-corrected chi connectivity index (χ1v) is 7.28. The molecule has 1 unspecified atom stereocenters. The van der Waals surface area contributed by atoms with Crippen molar-refractivity contribution in [3.8, 4) is 0 Å². The smallest absolute Gasteiger partial charge is 0.188 e. The Morgan fingerprint density at radius 2 is 1.83 bits per heavy atom. The topological polar surface area (TPSA) is 53.6 Å². The summed E-state index contributed by atoms with van der Waals surface area (Å²) in [5.41, 5.74) is 5.89. The largest absolute Gasteiger partial charge is 0.370 e. The van der Waals surface area contributed by atoms with E-state index in [1.165, 1.54) is 25.9 Å². The lowest BCUT2D eigenvalue weighted by molar-refractivity contribution is 0.192. The van der Waals surface area contributed by atoms with Crippen molar-refractivity contribution in [2.45, 2.75) is 46.6 Å². The van der Waals surface area contributed by atoms with Crippen molar-refractivity contribution in [3.05, 3.63) is 0 Å². The average Bonchev–Trinajstić information content (AvgIpc) is 2.79. The molecule has 0 radical (unpaired) electrons. The normalized spacial score (nSPS) is 19.8. The average molecular weight is 254 g/mol. The van der Waals surface area contributed by atoms with Crippen LogP contribution in [0.1, 0.15) is 40.5 Å². The van der Waals surface area contributed by atoms with E-state index in [0.717, 1.165) is 13.1 Å². The molecule has 1 atom stereocenters. The van der Waals surface area contributed by atoms with Crippen LogP contribution in [0, 0.1) is 11.8 Å². The molecule has 4 heteroatoms. The number of nitrogens with two attached hydrogens (primary N) is 1. The maximum absolute atomic E-state index is 5.89. The summed E-state index contributed by atoms with van der Waals surface area (Å²) in [5, 5.41) is 3.28. The quantitative estimate of drug-likeness (QED) is 0.560. The lowest BCUT2D eigenvalue weighted by Crippen LogP contribution is -2.47. The van der Waals surface area contributed by atoms with Crippen LogP contribution < -0.4 is 11.1 Å². The van der Waals surface area contributed by atoms with Crippen molar-refractivity contribution in [2.24, 2.45) is 22.6 Å². The van der Waals surface area contributed by atoms with E-state index in [-0.39, 0.29) is 0 Å². The summed E-state index contributed by atoms with van der Waals surface area (Å²) < 4.78 is 0. The van der Waals surface area contributed by atoms with Crippen molar-refractivity contribution < 1.29 is 0 Å². The van der Waals surface area contributed by atoms with Crippen molar-refractivity contribution in [3.63, 3.8) is 0 Å². The Labute approximate surface area is 112 Å². The standard InChI is InChI=1S/C14H30N4/c1-11(2)9-16-14(15)17-10-13(12(3)4)18-7-5-6-8-18/h11-13H,5-10H2,1-4H3,(H3,15,16,17). The third-order valence-electron chi connectivity index (χ3n) is 3.50. The van der Waals surface area contributed by atoms with Gasteiger partial charge in [-0.25, -0.2) is 0 Å². The van der Waals surface area contributed by atoms with Crippen LogP contribution in [-0.2, 0) is 0 Å². The van der Waals surface area contributed by atoms with Crippen LogP contribution in [0.5, 0.6) is 0 Å². The zero-order valence-electron chi connectivity index (χ0n) is 12.4. The minimum atomic E-state index is 0.560. The minimum Gasteiger partial charge on any atom is -0.370 e. The molecule has 106 valence electrons. The molecule has 1 aliphatic rings. The van der Waals surface area contributed by atoms with Crippen molar-refractivity contribution in [1.29, 1.82) is 0 Å². The molecule has 18 heavy (non-hydrogen) atoms.